The number of hydrogen-bond donors (Lipinski definition) is 1. The number of amides is 2. The van der Waals surface area contributed by atoms with Crippen molar-refractivity contribution in [1.82, 2.24) is 5.06 Å². The fraction of sp³-hybridized carbons (Fsp3) is 0.200. The van der Waals surface area contributed by atoms with Gasteiger partial charge in [0, 0.05) is 16.0 Å². The molecule has 0 bridgehead atoms. The maximum absolute atomic E-state index is 12.5. The van der Waals surface area contributed by atoms with Crippen molar-refractivity contribution < 1.29 is 27.4 Å². The molecule has 0 unspecified atom stereocenters. The Morgan fingerprint density at radius 3 is 2.42 bits per heavy atom. The Morgan fingerprint density at radius 2 is 1.79 bits per heavy atom. The summed E-state index contributed by atoms with van der Waals surface area (Å²) in [6, 6.07) is 8.17. The summed E-state index contributed by atoms with van der Waals surface area (Å²) in [5.74, 6) is -1.18. The van der Waals surface area contributed by atoms with Crippen LogP contribution in [0, 0.1) is 0 Å². The number of benzene rings is 2. The first kappa shape index (κ1) is 16.9. The highest BCUT2D eigenvalue weighted by atomic mass is 32.2. The summed E-state index contributed by atoms with van der Waals surface area (Å²) in [5.41, 5.74) is 0.384. The Balaban J connectivity index is 2.19. The van der Waals surface area contributed by atoms with Crippen LogP contribution in [0.25, 0.3) is 10.8 Å². The number of carbonyl (C=O) groups is 2. The molecule has 2 aromatic carbocycles. The SMILES string of the molecule is CS(=O)(=O)ON1C(=O)c2cccc3c(SCCO)ccc(c23)C1=O. The topological polar surface area (TPSA) is 101 Å². The molecule has 7 nitrogen and oxygen atoms in total. The molecular weight excluding hydrogens is 354 g/mol. The fourth-order valence-electron chi connectivity index (χ4n) is 2.53. The first-order chi connectivity index (χ1) is 11.3. The Hall–Kier alpha value is -1.94. The number of imide groups is 1. The van der Waals surface area contributed by atoms with Gasteiger partial charge in [-0.1, -0.05) is 12.1 Å². The molecule has 1 N–H and O–H groups in total. The zero-order chi connectivity index (χ0) is 17.5. The highest BCUT2D eigenvalue weighted by Gasteiger charge is 2.36. The van der Waals surface area contributed by atoms with Crippen LogP contribution in [0.4, 0.5) is 0 Å². The van der Waals surface area contributed by atoms with E-state index >= 15 is 0 Å². The van der Waals surface area contributed by atoms with Crippen LogP contribution in [0.1, 0.15) is 20.7 Å². The molecule has 0 radical (unpaired) electrons. The van der Waals surface area contributed by atoms with Gasteiger partial charge in [0.05, 0.1) is 24.0 Å². The molecule has 2 aromatic rings. The minimum absolute atomic E-state index is 0.00143. The third-order valence-electron chi connectivity index (χ3n) is 3.39. The van der Waals surface area contributed by atoms with Crippen molar-refractivity contribution >= 4 is 44.5 Å². The second kappa shape index (κ2) is 6.17. The molecule has 24 heavy (non-hydrogen) atoms. The predicted molar refractivity (Wildman–Crippen MR) is 88.2 cm³/mol. The van der Waals surface area contributed by atoms with E-state index in [1.54, 1.807) is 18.2 Å². The van der Waals surface area contributed by atoms with Gasteiger partial charge in [0.2, 0.25) is 0 Å². The van der Waals surface area contributed by atoms with Gasteiger partial charge in [0.25, 0.3) is 21.9 Å². The lowest BCUT2D eigenvalue weighted by Crippen LogP contribution is -2.41. The lowest BCUT2D eigenvalue weighted by Gasteiger charge is -2.25. The Morgan fingerprint density at radius 1 is 1.12 bits per heavy atom. The van der Waals surface area contributed by atoms with Crippen molar-refractivity contribution in [3.63, 3.8) is 0 Å². The van der Waals surface area contributed by atoms with Gasteiger partial charge in [-0.25, -0.2) is 0 Å². The molecule has 0 saturated heterocycles. The van der Waals surface area contributed by atoms with E-state index < -0.39 is 21.9 Å². The summed E-state index contributed by atoms with van der Waals surface area (Å²) >= 11 is 1.40. The summed E-state index contributed by atoms with van der Waals surface area (Å²) in [5, 5.41) is 10.4. The smallest absolute Gasteiger partial charge is 0.286 e. The number of thioether (sulfide) groups is 1. The van der Waals surface area contributed by atoms with E-state index in [0.717, 1.165) is 11.2 Å². The molecule has 0 fully saturated rings. The number of hydroxylamine groups is 2. The van der Waals surface area contributed by atoms with Crippen LogP contribution in [0.2, 0.25) is 0 Å². The van der Waals surface area contributed by atoms with Crippen LogP contribution in [-0.4, -0.2) is 49.0 Å². The van der Waals surface area contributed by atoms with Crippen LogP contribution in [-0.2, 0) is 14.4 Å². The van der Waals surface area contributed by atoms with Crippen LogP contribution < -0.4 is 0 Å². The number of aliphatic hydroxyl groups is 1. The summed E-state index contributed by atoms with van der Waals surface area (Å²) in [6.07, 6.45) is 0.762. The maximum Gasteiger partial charge on any atom is 0.286 e. The van der Waals surface area contributed by atoms with E-state index in [-0.39, 0.29) is 22.8 Å². The van der Waals surface area contributed by atoms with Crippen molar-refractivity contribution in [3.05, 3.63) is 41.5 Å². The summed E-state index contributed by atoms with van der Waals surface area (Å²) in [4.78, 5) is 25.8. The van der Waals surface area contributed by atoms with E-state index in [2.05, 4.69) is 4.28 Å². The van der Waals surface area contributed by atoms with Gasteiger partial charge in [0.15, 0.2) is 0 Å². The van der Waals surface area contributed by atoms with Gasteiger partial charge in [0.1, 0.15) is 0 Å². The normalized spacial score (nSPS) is 14.5. The molecule has 0 atom stereocenters. The Bertz CT molecular complexity index is 932. The molecule has 1 aliphatic heterocycles. The van der Waals surface area contributed by atoms with Gasteiger partial charge in [-0.3, -0.25) is 9.59 Å². The van der Waals surface area contributed by atoms with E-state index in [1.807, 2.05) is 0 Å². The molecular formula is C15H13NO6S2. The standard InChI is InChI=1S/C15H13NO6S2/c1-24(20,21)22-16-14(18)10-4-2-3-9-12(23-8-7-17)6-5-11(13(9)10)15(16)19/h2-6,17H,7-8H2,1H3. The van der Waals surface area contributed by atoms with Gasteiger partial charge >= 0.3 is 0 Å². The zero-order valence-corrected chi connectivity index (χ0v) is 14.2. The quantitative estimate of drug-likeness (QED) is 0.630. The van der Waals surface area contributed by atoms with E-state index in [0.29, 0.717) is 16.5 Å². The van der Waals surface area contributed by atoms with Gasteiger partial charge in [-0.15, -0.1) is 21.1 Å². The molecule has 0 aromatic heterocycles. The monoisotopic (exact) mass is 367 g/mol. The molecule has 0 aliphatic carbocycles. The first-order valence-electron chi connectivity index (χ1n) is 6.91. The lowest BCUT2D eigenvalue weighted by atomic mass is 9.95. The highest BCUT2D eigenvalue weighted by Crippen LogP contribution is 2.36. The minimum atomic E-state index is -4.03. The molecule has 3 rings (SSSR count). The average molecular weight is 367 g/mol. The third kappa shape index (κ3) is 2.91. The largest absolute Gasteiger partial charge is 0.396 e. The number of rotatable bonds is 5. The van der Waals surface area contributed by atoms with Crippen molar-refractivity contribution in [2.75, 3.05) is 18.6 Å². The van der Waals surface area contributed by atoms with E-state index in [4.69, 9.17) is 5.11 Å². The fourth-order valence-corrected chi connectivity index (χ4v) is 3.74. The zero-order valence-electron chi connectivity index (χ0n) is 12.6. The Labute approximate surface area is 142 Å². The number of nitrogens with zero attached hydrogens (tertiary/aromatic N) is 1. The van der Waals surface area contributed by atoms with Crippen molar-refractivity contribution in [1.29, 1.82) is 0 Å². The van der Waals surface area contributed by atoms with Gasteiger partial charge in [-0.2, -0.15) is 8.42 Å². The molecule has 126 valence electrons. The van der Waals surface area contributed by atoms with Gasteiger partial charge in [-0.05, 0) is 23.6 Å². The van der Waals surface area contributed by atoms with Crippen LogP contribution in [0.15, 0.2) is 35.2 Å². The van der Waals surface area contributed by atoms with E-state index in [9.17, 15) is 18.0 Å². The van der Waals surface area contributed by atoms with Crippen molar-refractivity contribution in [3.8, 4) is 0 Å². The first-order valence-corrected chi connectivity index (χ1v) is 9.71. The summed E-state index contributed by atoms with van der Waals surface area (Å²) in [6.45, 7) is 0.00143. The molecule has 1 aliphatic rings. The van der Waals surface area contributed by atoms with Crippen molar-refractivity contribution in [2.24, 2.45) is 0 Å². The molecule has 0 spiro atoms. The van der Waals surface area contributed by atoms with Crippen LogP contribution in [0.3, 0.4) is 0 Å². The number of aliphatic hydroxyl groups excluding tert-OH is 1. The van der Waals surface area contributed by atoms with Crippen molar-refractivity contribution in [2.45, 2.75) is 4.90 Å². The molecule has 1 heterocycles. The second-order valence-corrected chi connectivity index (χ2v) is 7.79. The molecule has 9 heteroatoms. The summed E-state index contributed by atoms with van der Waals surface area (Å²) in [7, 11) is -4.03. The molecule has 2 amide bonds. The lowest BCUT2D eigenvalue weighted by molar-refractivity contribution is -0.0149. The van der Waals surface area contributed by atoms with Crippen LogP contribution in [0.5, 0.6) is 0 Å². The molecule has 0 saturated carbocycles. The van der Waals surface area contributed by atoms with E-state index in [1.165, 1.54) is 23.9 Å². The maximum atomic E-state index is 12.5. The second-order valence-electron chi connectivity index (χ2n) is 5.09. The van der Waals surface area contributed by atoms with Crippen LogP contribution >= 0.6 is 11.8 Å². The minimum Gasteiger partial charge on any atom is -0.396 e. The average Bonchev–Trinajstić information content (AvgIpc) is 2.54. The third-order valence-corrected chi connectivity index (χ3v) is 4.86. The van der Waals surface area contributed by atoms with Gasteiger partial charge < -0.3 is 5.11 Å². The highest BCUT2D eigenvalue weighted by molar-refractivity contribution is 7.99. The predicted octanol–water partition coefficient (Wildman–Crippen LogP) is 1.41. The Kier molecular flexibility index (Phi) is 4.35. The number of carbonyl (C=O) groups excluding carboxylic acids is 2. The number of hydrogen-bond acceptors (Lipinski definition) is 7. The summed E-state index contributed by atoms with van der Waals surface area (Å²) < 4.78 is 27.2.